The smallest absolute Gasteiger partial charge is 0.338 e. The average Bonchev–Trinajstić information content (AvgIpc) is 3.10. The third-order valence-corrected chi connectivity index (χ3v) is 5.64. The lowest BCUT2D eigenvalue weighted by Crippen LogP contribution is -2.27. The molecular weight excluding hydrogens is 308 g/mol. The fraction of sp³-hybridized carbons (Fsp3) is 0.579. The van der Waals surface area contributed by atoms with Crippen LogP contribution in [0.4, 0.5) is 0 Å². The van der Waals surface area contributed by atoms with Crippen molar-refractivity contribution in [3.8, 4) is 0 Å². The van der Waals surface area contributed by atoms with E-state index in [0.717, 1.165) is 19.3 Å². The van der Waals surface area contributed by atoms with Gasteiger partial charge in [-0.2, -0.15) is 0 Å². The second-order valence-electron chi connectivity index (χ2n) is 7.72. The molecule has 0 aromatic heterocycles. The molecule has 3 atom stereocenters. The Bertz CT molecular complexity index is 709. The second-order valence-corrected chi connectivity index (χ2v) is 7.72. The first-order valence-electron chi connectivity index (χ1n) is 8.55. The Kier molecular flexibility index (Phi) is 3.37. The van der Waals surface area contributed by atoms with Crippen molar-refractivity contribution in [3.05, 3.63) is 34.6 Å². The molecule has 0 aromatic carbocycles. The van der Waals surface area contributed by atoms with Gasteiger partial charge in [0.1, 0.15) is 6.10 Å². The highest BCUT2D eigenvalue weighted by Crippen LogP contribution is 2.54. The van der Waals surface area contributed by atoms with Crippen LogP contribution in [0.15, 0.2) is 34.6 Å². The first kappa shape index (κ1) is 15.5. The first-order valence-corrected chi connectivity index (χ1v) is 8.55. The van der Waals surface area contributed by atoms with Crippen LogP contribution >= 0.6 is 0 Å². The van der Waals surface area contributed by atoms with E-state index in [-0.39, 0.29) is 29.4 Å². The molecule has 0 aromatic rings. The average molecular weight is 330 g/mol. The van der Waals surface area contributed by atoms with E-state index in [1.165, 1.54) is 23.8 Å². The molecular formula is C19H22O5. The van der Waals surface area contributed by atoms with Gasteiger partial charge in [-0.25, -0.2) is 9.59 Å². The number of carbonyl (C=O) groups excluding carboxylic acids is 2. The van der Waals surface area contributed by atoms with E-state index < -0.39 is 6.29 Å². The van der Waals surface area contributed by atoms with Gasteiger partial charge in [0.15, 0.2) is 0 Å². The maximum atomic E-state index is 12.3. The molecule has 5 nitrogen and oxygen atoms in total. The fourth-order valence-corrected chi connectivity index (χ4v) is 4.46. The molecule has 1 unspecified atom stereocenters. The molecule has 0 amide bonds. The SMILES string of the molecule is CC1=C[C@H](O/C=C2/C(=O)OC3C4=C(CCCC4(C)C)C[C@H]23)OC1=O. The molecule has 2 aliphatic carbocycles. The normalized spacial score (nSPS) is 35.5. The lowest BCUT2D eigenvalue weighted by Gasteiger charge is -2.34. The molecule has 24 heavy (non-hydrogen) atoms. The van der Waals surface area contributed by atoms with E-state index >= 15 is 0 Å². The summed E-state index contributed by atoms with van der Waals surface area (Å²) in [5, 5.41) is 0. The largest absolute Gasteiger partial charge is 0.458 e. The highest BCUT2D eigenvalue weighted by Gasteiger charge is 2.52. The minimum Gasteiger partial charge on any atom is -0.458 e. The van der Waals surface area contributed by atoms with Gasteiger partial charge in [-0.15, -0.1) is 0 Å². The van der Waals surface area contributed by atoms with E-state index in [0.29, 0.717) is 11.1 Å². The summed E-state index contributed by atoms with van der Waals surface area (Å²) in [6, 6.07) is 0. The Morgan fingerprint density at radius 2 is 2.04 bits per heavy atom. The van der Waals surface area contributed by atoms with Gasteiger partial charge in [0, 0.05) is 17.6 Å². The highest BCUT2D eigenvalue weighted by atomic mass is 16.7. The van der Waals surface area contributed by atoms with Crippen molar-refractivity contribution in [3.63, 3.8) is 0 Å². The van der Waals surface area contributed by atoms with E-state index in [1.54, 1.807) is 13.0 Å². The summed E-state index contributed by atoms with van der Waals surface area (Å²) < 4.78 is 16.2. The summed E-state index contributed by atoms with van der Waals surface area (Å²) in [6.45, 7) is 6.15. The predicted octanol–water partition coefficient (Wildman–Crippen LogP) is 3.17. The van der Waals surface area contributed by atoms with Crippen LogP contribution in [0.25, 0.3) is 0 Å². The van der Waals surface area contributed by atoms with Crippen molar-refractivity contribution in [1.82, 2.24) is 0 Å². The molecule has 0 bridgehead atoms. The van der Waals surface area contributed by atoms with E-state index in [4.69, 9.17) is 14.2 Å². The summed E-state index contributed by atoms with van der Waals surface area (Å²) >= 11 is 0. The quantitative estimate of drug-likeness (QED) is 0.337. The number of carbonyl (C=O) groups is 2. The Labute approximate surface area is 141 Å². The third-order valence-electron chi connectivity index (χ3n) is 5.64. The van der Waals surface area contributed by atoms with Crippen molar-refractivity contribution in [2.45, 2.75) is 58.8 Å². The number of allylic oxidation sites excluding steroid dienone is 1. The zero-order valence-electron chi connectivity index (χ0n) is 14.3. The summed E-state index contributed by atoms with van der Waals surface area (Å²) in [4.78, 5) is 23.7. The molecule has 2 aliphatic heterocycles. The maximum absolute atomic E-state index is 12.3. The van der Waals surface area contributed by atoms with Crippen LogP contribution in [-0.2, 0) is 23.8 Å². The van der Waals surface area contributed by atoms with E-state index in [2.05, 4.69) is 13.8 Å². The van der Waals surface area contributed by atoms with Gasteiger partial charge in [-0.05, 0) is 43.6 Å². The molecule has 128 valence electrons. The minimum absolute atomic E-state index is 0.0297. The zero-order valence-corrected chi connectivity index (χ0v) is 14.3. The monoisotopic (exact) mass is 330 g/mol. The number of ether oxygens (including phenoxy) is 3. The van der Waals surface area contributed by atoms with Crippen LogP contribution in [0.1, 0.15) is 46.5 Å². The van der Waals surface area contributed by atoms with Gasteiger partial charge < -0.3 is 14.2 Å². The van der Waals surface area contributed by atoms with E-state index in [1.807, 2.05) is 0 Å². The molecule has 5 heteroatoms. The molecule has 0 spiro atoms. The molecule has 1 saturated heterocycles. The number of cyclic esters (lactones) is 1. The zero-order chi connectivity index (χ0) is 17.1. The van der Waals surface area contributed by atoms with Gasteiger partial charge in [0.05, 0.1) is 11.8 Å². The van der Waals surface area contributed by atoms with Crippen molar-refractivity contribution in [2.24, 2.45) is 11.3 Å². The lowest BCUT2D eigenvalue weighted by molar-refractivity contribution is -0.152. The van der Waals surface area contributed by atoms with Crippen LogP contribution in [0.2, 0.25) is 0 Å². The molecule has 2 heterocycles. The van der Waals surface area contributed by atoms with Crippen LogP contribution < -0.4 is 0 Å². The first-order chi connectivity index (χ1) is 11.4. The van der Waals surface area contributed by atoms with Gasteiger partial charge in [0.2, 0.25) is 0 Å². The third kappa shape index (κ3) is 2.29. The Morgan fingerprint density at radius 1 is 1.25 bits per heavy atom. The highest BCUT2D eigenvalue weighted by molar-refractivity contribution is 5.92. The fourth-order valence-electron chi connectivity index (χ4n) is 4.46. The Morgan fingerprint density at radius 3 is 2.75 bits per heavy atom. The van der Waals surface area contributed by atoms with Gasteiger partial charge >= 0.3 is 11.9 Å². The second kappa shape index (κ2) is 5.23. The molecule has 0 radical (unpaired) electrons. The molecule has 0 saturated carbocycles. The van der Waals surface area contributed by atoms with Crippen molar-refractivity contribution < 1.29 is 23.8 Å². The summed E-state index contributed by atoms with van der Waals surface area (Å²) in [5.41, 5.74) is 3.93. The molecule has 4 rings (SSSR count). The van der Waals surface area contributed by atoms with E-state index in [9.17, 15) is 9.59 Å². The molecule has 1 fully saturated rings. The van der Waals surface area contributed by atoms with Crippen LogP contribution in [0.3, 0.4) is 0 Å². The van der Waals surface area contributed by atoms with Gasteiger partial charge in [-0.3, -0.25) is 0 Å². The predicted molar refractivity (Wildman–Crippen MR) is 85.5 cm³/mol. The van der Waals surface area contributed by atoms with Crippen LogP contribution in [0, 0.1) is 11.3 Å². The van der Waals surface area contributed by atoms with Crippen molar-refractivity contribution in [1.29, 1.82) is 0 Å². The van der Waals surface area contributed by atoms with Crippen LogP contribution in [-0.4, -0.2) is 24.3 Å². The van der Waals surface area contributed by atoms with Crippen molar-refractivity contribution >= 4 is 11.9 Å². The summed E-state index contributed by atoms with van der Waals surface area (Å²) in [7, 11) is 0. The minimum atomic E-state index is -0.753. The number of esters is 2. The lowest BCUT2D eigenvalue weighted by atomic mass is 9.72. The number of hydrogen-bond donors (Lipinski definition) is 0. The summed E-state index contributed by atoms with van der Waals surface area (Å²) in [6.07, 6.45) is 6.42. The van der Waals surface area contributed by atoms with Gasteiger partial charge in [0.25, 0.3) is 6.29 Å². The molecule has 0 N–H and O–H groups in total. The summed E-state index contributed by atoms with van der Waals surface area (Å²) in [5.74, 6) is -0.671. The van der Waals surface area contributed by atoms with Crippen molar-refractivity contribution in [2.75, 3.05) is 0 Å². The Hall–Kier alpha value is -2.04. The number of fused-ring (bicyclic) bond motifs is 2. The molecule has 4 aliphatic rings. The van der Waals surface area contributed by atoms with Gasteiger partial charge in [-0.1, -0.05) is 19.4 Å². The number of rotatable bonds is 2. The van der Waals surface area contributed by atoms with Crippen LogP contribution in [0.5, 0.6) is 0 Å². The standard InChI is InChI=1S/C19H22O5/c1-10-7-14(23-17(10)20)22-9-13-12-8-11-5-4-6-19(2,3)15(11)16(12)24-18(13)21/h7,9,12,14,16H,4-6,8H2,1-3H3/b13-9+/t12-,14-,16?/m1/s1. The Balaban J connectivity index is 1.55. The maximum Gasteiger partial charge on any atom is 0.338 e. The topological polar surface area (TPSA) is 61.8 Å². The number of hydrogen-bond acceptors (Lipinski definition) is 5.